The second-order valence-electron chi connectivity index (χ2n) is 13.4. The standard InChI is InChI=1S/C30H36F3N7O2/c1-17(2)40-22(7-10-34-40)26(41)37-25(19-5-8-30(32,33)9-6-19)21-13-39-23(36-21)11-20(12-35-39)24(18-3-4-18)38-27(42)28-14-29(31,15-28)16-28/h7,10-13,17-19,24-25H,3-6,8-9,14-16H2,1-2H3,(H,37,41)(H,38,42)/t24-,25+,28-,29-/m1/s1. The third-order valence-electron chi connectivity index (χ3n) is 9.78. The average Bonchev–Trinajstić information content (AvgIpc) is 3.46. The monoisotopic (exact) mass is 583 g/mol. The quantitative estimate of drug-likeness (QED) is 0.357. The van der Waals surface area contributed by atoms with E-state index in [1.807, 2.05) is 19.9 Å². The second kappa shape index (κ2) is 9.54. The first kappa shape index (κ1) is 27.4. The van der Waals surface area contributed by atoms with E-state index >= 15 is 0 Å². The summed E-state index contributed by atoms with van der Waals surface area (Å²) >= 11 is 0. The van der Waals surface area contributed by atoms with Crippen LogP contribution in [0.5, 0.6) is 0 Å². The van der Waals surface area contributed by atoms with Gasteiger partial charge in [-0.2, -0.15) is 10.2 Å². The van der Waals surface area contributed by atoms with Gasteiger partial charge in [-0.1, -0.05) is 0 Å². The van der Waals surface area contributed by atoms with Crippen molar-refractivity contribution in [3.05, 3.63) is 47.7 Å². The Hall–Kier alpha value is -3.44. The number of aromatic nitrogens is 5. The van der Waals surface area contributed by atoms with Crippen LogP contribution in [0.3, 0.4) is 0 Å². The Balaban J connectivity index is 1.16. The number of alkyl halides is 3. The fourth-order valence-electron chi connectivity index (χ4n) is 7.28. The van der Waals surface area contributed by atoms with E-state index in [1.165, 1.54) is 0 Å². The maximum atomic E-state index is 14.1. The Morgan fingerprint density at radius 2 is 1.67 bits per heavy atom. The number of nitrogens with one attached hydrogen (secondary N) is 2. The fraction of sp³-hybridized carbons (Fsp3) is 0.633. The zero-order valence-corrected chi connectivity index (χ0v) is 23.8. The molecule has 2 bridgehead atoms. The molecule has 0 radical (unpaired) electrons. The molecule has 2 atom stereocenters. The van der Waals surface area contributed by atoms with Crippen LogP contribution in [0, 0.1) is 17.3 Å². The molecule has 3 aromatic heterocycles. The summed E-state index contributed by atoms with van der Waals surface area (Å²) < 4.78 is 45.4. The van der Waals surface area contributed by atoms with Gasteiger partial charge in [0.05, 0.1) is 35.6 Å². The Labute approximate surface area is 241 Å². The number of nitrogens with zero attached hydrogens (tertiary/aromatic N) is 5. The van der Waals surface area contributed by atoms with Gasteiger partial charge in [0.15, 0.2) is 5.65 Å². The second-order valence-corrected chi connectivity index (χ2v) is 13.4. The molecule has 2 N–H and O–H groups in total. The molecule has 5 aliphatic rings. The molecule has 3 aromatic rings. The smallest absolute Gasteiger partial charge is 0.270 e. The first-order valence-electron chi connectivity index (χ1n) is 15.0. The lowest BCUT2D eigenvalue weighted by Crippen LogP contribution is -2.70. The van der Waals surface area contributed by atoms with Crippen LogP contribution in [0.2, 0.25) is 0 Å². The predicted molar refractivity (Wildman–Crippen MR) is 146 cm³/mol. The van der Waals surface area contributed by atoms with Gasteiger partial charge in [0.2, 0.25) is 11.8 Å². The fourth-order valence-corrected chi connectivity index (χ4v) is 7.28. The molecule has 2 amide bonds. The van der Waals surface area contributed by atoms with E-state index in [0.29, 0.717) is 42.2 Å². The van der Waals surface area contributed by atoms with Crippen LogP contribution in [-0.4, -0.2) is 47.8 Å². The third kappa shape index (κ3) is 4.76. The van der Waals surface area contributed by atoms with Gasteiger partial charge in [0.1, 0.15) is 11.4 Å². The molecule has 5 aliphatic carbocycles. The van der Waals surface area contributed by atoms with Gasteiger partial charge in [-0.3, -0.25) is 14.3 Å². The lowest BCUT2D eigenvalue weighted by Gasteiger charge is -2.64. The summed E-state index contributed by atoms with van der Waals surface area (Å²) in [5, 5.41) is 15.1. The Morgan fingerprint density at radius 3 is 2.31 bits per heavy atom. The van der Waals surface area contributed by atoms with Crippen LogP contribution in [0.15, 0.2) is 30.7 Å². The molecule has 0 unspecified atom stereocenters. The van der Waals surface area contributed by atoms with E-state index in [-0.39, 0.29) is 55.5 Å². The Bertz CT molecular complexity index is 1510. The highest BCUT2D eigenvalue weighted by molar-refractivity contribution is 5.92. The minimum atomic E-state index is -2.71. The van der Waals surface area contributed by atoms with Gasteiger partial charge in [-0.25, -0.2) is 22.7 Å². The maximum Gasteiger partial charge on any atom is 0.270 e. The van der Waals surface area contributed by atoms with Crippen LogP contribution in [0.1, 0.15) is 112 Å². The highest BCUT2D eigenvalue weighted by Crippen LogP contribution is 2.69. The molecule has 8 rings (SSSR count). The molecule has 0 spiro atoms. The molecule has 224 valence electrons. The SMILES string of the molecule is CC(C)n1nccc1C(=O)N[C@H](c1cn2ncc([C@H](NC(=O)[C@]34C[C@@](F)(C3)C4)C3CC3)cc2n1)C1CCC(F)(F)CC1. The van der Waals surface area contributed by atoms with Crippen molar-refractivity contribution in [1.29, 1.82) is 0 Å². The molecular formula is C30H36F3N7O2. The third-order valence-corrected chi connectivity index (χ3v) is 9.78. The molecule has 0 aliphatic heterocycles. The number of amides is 2. The van der Waals surface area contributed by atoms with Gasteiger partial charge < -0.3 is 10.6 Å². The maximum absolute atomic E-state index is 14.1. The van der Waals surface area contributed by atoms with Crippen LogP contribution in [0.25, 0.3) is 5.65 Å². The summed E-state index contributed by atoms with van der Waals surface area (Å²) in [5.74, 6) is -3.06. The van der Waals surface area contributed by atoms with E-state index in [1.54, 1.807) is 33.9 Å². The van der Waals surface area contributed by atoms with E-state index in [4.69, 9.17) is 4.98 Å². The number of imidazole rings is 1. The normalized spacial score (nSPS) is 28.1. The van der Waals surface area contributed by atoms with Crippen LogP contribution < -0.4 is 10.6 Å². The predicted octanol–water partition coefficient (Wildman–Crippen LogP) is 5.26. The molecule has 12 heteroatoms. The zero-order chi connectivity index (χ0) is 29.4. The Kier molecular flexibility index (Phi) is 6.22. The van der Waals surface area contributed by atoms with Crippen LogP contribution in [0.4, 0.5) is 13.2 Å². The molecule has 5 saturated carbocycles. The minimum absolute atomic E-state index is 0.0296. The first-order valence-corrected chi connectivity index (χ1v) is 15.0. The molecular weight excluding hydrogens is 547 g/mol. The van der Waals surface area contributed by atoms with Crippen molar-refractivity contribution in [2.75, 3.05) is 0 Å². The molecule has 0 aromatic carbocycles. The molecule has 9 nitrogen and oxygen atoms in total. The molecule has 0 saturated heterocycles. The summed E-state index contributed by atoms with van der Waals surface area (Å²) in [6.45, 7) is 3.86. The number of carbonyl (C=O) groups is 2. The summed E-state index contributed by atoms with van der Waals surface area (Å²) in [6.07, 6.45) is 7.96. The van der Waals surface area contributed by atoms with Crippen molar-refractivity contribution in [2.45, 2.75) is 101 Å². The van der Waals surface area contributed by atoms with Gasteiger partial charge >= 0.3 is 0 Å². The van der Waals surface area contributed by atoms with E-state index < -0.39 is 23.0 Å². The summed E-state index contributed by atoms with van der Waals surface area (Å²) in [6, 6.07) is 2.68. The largest absolute Gasteiger partial charge is 0.348 e. The van der Waals surface area contributed by atoms with Crippen molar-refractivity contribution in [1.82, 2.24) is 35.0 Å². The number of halogens is 3. The van der Waals surface area contributed by atoms with Crippen molar-refractivity contribution >= 4 is 17.5 Å². The lowest BCUT2D eigenvalue weighted by molar-refractivity contribution is -0.214. The summed E-state index contributed by atoms with van der Waals surface area (Å²) in [7, 11) is 0. The number of rotatable bonds is 9. The number of hydrogen-bond donors (Lipinski definition) is 2. The van der Waals surface area contributed by atoms with Crippen molar-refractivity contribution in [2.24, 2.45) is 17.3 Å². The van der Waals surface area contributed by atoms with E-state index in [2.05, 4.69) is 20.8 Å². The van der Waals surface area contributed by atoms with E-state index in [9.17, 15) is 22.8 Å². The first-order chi connectivity index (χ1) is 19.9. The topological polar surface area (TPSA) is 106 Å². The minimum Gasteiger partial charge on any atom is -0.348 e. The van der Waals surface area contributed by atoms with Crippen LogP contribution >= 0.6 is 0 Å². The van der Waals surface area contributed by atoms with Gasteiger partial charge in [0, 0.05) is 25.1 Å². The average molecular weight is 584 g/mol. The highest BCUT2D eigenvalue weighted by Gasteiger charge is 2.73. The Morgan fingerprint density at radius 1 is 0.976 bits per heavy atom. The summed E-state index contributed by atoms with van der Waals surface area (Å²) in [5.41, 5.74) is 0.610. The van der Waals surface area contributed by atoms with Gasteiger partial charge in [-0.05, 0) is 88.3 Å². The molecule has 5 fully saturated rings. The highest BCUT2D eigenvalue weighted by atomic mass is 19.3. The molecule has 42 heavy (non-hydrogen) atoms. The summed E-state index contributed by atoms with van der Waals surface area (Å²) in [4.78, 5) is 31.3. The number of fused-ring (bicyclic) bond motifs is 1. The van der Waals surface area contributed by atoms with Crippen molar-refractivity contribution < 1.29 is 22.8 Å². The molecule has 3 heterocycles. The van der Waals surface area contributed by atoms with Gasteiger partial charge in [-0.15, -0.1) is 0 Å². The lowest BCUT2D eigenvalue weighted by atomic mass is 9.42. The zero-order valence-electron chi connectivity index (χ0n) is 23.8. The van der Waals surface area contributed by atoms with Gasteiger partial charge in [0.25, 0.3) is 5.91 Å². The number of hydrogen-bond acceptors (Lipinski definition) is 5. The van der Waals surface area contributed by atoms with E-state index in [0.717, 1.165) is 18.4 Å². The number of carbonyl (C=O) groups excluding carboxylic acids is 2. The van der Waals surface area contributed by atoms with Crippen LogP contribution in [-0.2, 0) is 4.79 Å². The van der Waals surface area contributed by atoms with Crippen molar-refractivity contribution in [3.8, 4) is 0 Å². The van der Waals surface area contributed by atoms with Crippen molar-refractivity contribution in [3.63, 3.8) is 0 Å².